The van der Waals surface area contributed by atoms with Crippen LogP contribution >= 0.6 is 7.60 Å². The zero-order valence-corrected chi connectivity index (χ0v) is 27.0. The van der Waals surface area contributed by atoms with Gasteiger partial charge in [0.1, 0.15) is 6.61 Å². The molecule has 35 heavy (non-hydrogen) atoms. The van der Waals surface area contributed by atoms with Crippen molar-refractivity contribution < 1.29 is 87.8 Å². The number of aromatic nitrogens is 1. The van der Waals surface area contributed by atoms with E-state index in [2.05, 4.69) is 19.0 Å². The van der Waals surface area contributed by atoms with Crippen molar-refractivity contribution in [2.24, 2.45) is 34.5 Å². The summed E-state index contributed by atoms with van der Waals surface area (Å²) in [7, 11) is -4.68. The summed E-state index contributed by atoms with van der Waals surface area (Å²) in [5.74, 6) is 3.63. The Kier molecular flexibility index (Phi) is 9.72. The first kappa shape index (κ1) is 30.8. The molecule has 4 saturated carbocycles. The summed E-state index contributed by atoms with van der Waals surface area (Å²) in [6.07, 6.45) is 9.46. The van der Waals surface area contributed by atoms with Crippen molar-refractivity contribution in [1.82, 2.24) is 5.16 Å². The predicted octanol–water partition coefficient (Wildman–Crippen LogP) is -2.05. The van der Waals surface area contributed by atoms with Crippen LogP contribution in [0.15, 0.2) is 10.6 Å². The number of hydrogen-bond acceptors (Lipinski definition) is 7. The van der Waals surface area contributed by atoms with Crippen molar-refractivity contribution in [3.63, 3.8) is 0 Å². The van der Waals surface area contributed by atoms with Crippen LogP contribution in [0.2, 0.25) is 0 Å². The van der Waals surface area contributed by atoms with Crippen LogP contribution in [0, 0.1) is 34.5 Å². The monoisotopic (exact) mass is 525 g/mol. The Morgan fingerprint density at radius 1 is 1.06 bits per heavy atom. The number of aliphatic hydroxyl groups is 1. The van der Waals surface area contributed by atoms with Crippen molar-refractivity contribution in [1.29, 1.82) is 0 Å². The molecule has 1 aromatic rings. The normalized spacial score (nSPS) is 42.7. The molecule has 4 aliphatic rings. The zero-order valence-electron chi connectivity index (χ0n) is 22.1. The molecule has 8 atom stereocenters. The summed E-state index contributed by atoms with van der Waals surface area (Å²) >= 11 is 0. The Morgan fingerprint density at radius 3 is 2.49 bits per heavy atom. The molecule has 4 unspecified atom stereocenters. The van der Waals surface area contributed by atoms with Gasteiger partial charge in [0.05, 0.1) is 17.6 Å². The molecule has 5 rings (SSSR count). The summed E-state index contributed by atoms with van der Waals surface area (Å²) in [6, 6.07) is 1.90. The molecule has 4 aliphatic carbocycles. The molecule has 0 saturated heterocycles. The van der Waals surface area contributed by atoms with Gasteiger partial charge in [0, 0.05) is 12.0 Å². The van der Waals surface area contributed by atoms with E-state index in [-0.39, 0.29) is 71.1 Å². The predicted molar refractivity (Wildman–Crippen MR) is 119 cm³/mol. The van der Waals surface area contributed by atoms with E-state index in [4.69, 9.17) is 9.26 Å². The van der Waals surface area contributed by atoms with Gasteiger partial charge in [-0.05, 0) is 107 Å². The first-order chi connectivity index (χ1) is 15.4. The molecule has 0 spiro atoms. The van der Waals surface area contributed by atoms with Crippen LogP contribution in [0.3, 0.4) is 0 Å². The maximum atomic E-state index is 10.8. The van der Waals surface area contributed by atoms with Gasteiger partial charge < -0.3 is 28.7 Å². The Labute approximate surface area is 253 Å². The second-order valence-electron chi connectivity index (χ2n) is 12.3. The summed E-state index contributed by atoms with van der Waals surface area (Å²) in [5.41, 5.74) is 0.994. The van der Waals surface area contributed by atoms with Gasteiger partial charge in [-0.2, -0.15) is 0 Å². The molecule has 10 heteroatoms. The third kappa shape index (κ3) is 5.91. The minimum absolute atomic E-state index is 0. The Morgan fingerprint density at radius 2 is 1.77 bits per heavy atom. The van der Waals surface area contributed by atoms with Crippen LogP contribution in [0.25, 0.3) is 0 Å². The number of nitrogens with zero attached hydrogens (tertiary/aromatic N) is 1. The molecule has 7 nitrogen and oxygen atoms in total. The van der Waals surface area contributed by atoms with Crippen LogP contribution in [0.1, 0.15) is 95.9 Å². The molecular formula is C25H38NNa2O6P. The number of rotatable bonds is 5. The summed E-state index contributed by atoms with van der Waals surface area (Å²) < 4.78 is 21.2. The molecule has 0 amide bonds. The van der Waals surface area contributed by atoms with Crippen LogP contribution < -0.4 is 68.9 Å². The van der Waals surface area contributed by atoms with E-state index in [0.29, 0.717) is 28.9 Å². The van der Waals surface area contributed by atoms with E-state index in [1.165, 1.54) is 32.1 Å². The molecule has 0 aromatic carbocycles. The fraction of sp³-hybridized carbons (Fsp3) is 0.880. The molecule has 4 fully saturated rings. The van der Waals surface area contributed by atoms with Crippen molar-refractivity contribution in [2.45, 2.75) is 96.7 Å². The molecule has 0 aliphatic heterocycles. The van der Waals surface area contributed by atoms with Gasteiger partial charge in [-0.15, -0.1) is 0 Å². The van der Waals surface area contributed by atoms with E-state index < -0.39 is 19.5 Å². The topological polar surface area (TPSA) is 119 Å². The third-order valence-electron chi connectivity index (χ3n) is 10.4. The first-order valence-corrected chi connectivity index (χ1v) is 14.4. The molecule has 186 valence electrons. The van der Waals surface area contributed by atoms with E-state index in [1.54, 1.807) is 0 Å². The maximum absolute atomic E-state index is 10.8. The Balaban J connectivity index is 0.00000171. The minimum Gasteiger partial charge on any atom is -0.809 e. The van der Waals surface area contributed by atoms with Gasteiger partial charge in [-0.1, -0.05) is 19.0 Å². The molecular weight excluding hydrogens is 487 g/mol. The van der Waals surface area contributed by atoms with E-state index in [9.17, 15) is 19.5 Å². The molecule has 1 heterocycles. The average molecular weight is 526 g/mol. The number of ether oxygens (including phenoxy) is 1. The van der Waals surface area contributed by atoms with Gasteiger partial charge in [-0.3, -0.25) is 0 Å². The fourth-order valence-corrected chi connectivity index (χ4v) is 9.05. The molecule has 0 radical (unpaired) electrons. The SMILES string of the molecule is C[C@@]1(O)CC[C@@]2(C)C(CCC3C2CC[C@@]2(C)C3CC[C@@H]2c2cc(COCP(=O)([O-])[O-])on2)C1.[Na+].[Na+]. The summed E-state index contributed by atoms with van der Waals surface area (Å²) in [4.78, 5) is 21.6. The Hall–Kier alpha value is 1.28. The standard InChI is InChI=1S/C25H40NO6P.2Na/c1-23(27)10-11-24(2)16(13-23)4-5-18-19-6-7-21(25(19,3)9-8-20(18)24)22-12-17(32-26-22)14-31-15-33(28,29)30;;/h12,16,18-21,27H,4-11,13-15H2,1-3H3,(H2,28,29,30);;/q;2*+1/p-2/t16?,18?,19?,20?,21-,23-,24+,25+;;/m1../s1. The second kappa shape index (κ2) is 11.0. The maximum Gasteiger partial charge on any atom is 1.00 e. The molecule has 0 bridgehead atoms. The second-order valence-corrected chi connectivity index (χ2v) is 13.8. The molecule has 1 aromatic heterocycles. The van der Waals surface area contributed by atoms with Crippen molar-refractivity contribution in [2.75, 3.05) is 6.35 Å². The fourth-order valence-electron chi connectivity index (χ4n) is 8.74. The van der Waals surface area contributed by atoms with E-state index in [1.807, 2.05) is 13.0 Å². The van der Waals surface area contributed by atoms with Gasteiger partial charge in [0.25, 0.3) is 0 Å². The van der Waals surface area contributed by atoms with Crippen molar-refractivity contribution in [3.05, 3.63) is 17.5 Å². The van der Waals surface area contributed by atoms with Crippen molar-refractivity contribution in [3.8, 4) is 0 Å². The smallest absolute Gasteiger partial charge is 0.809 e. The quantitative estimate of drug-likeness (QED) is 0.347. The zero-order chi connectivity index (χ0) is 23.6. The van der Waals surface area contributed by atoms with E-state index >= 15 is 0 Å². The Bertz CT molecular complexity index is 937. The van der Waals surface area contributed by atoms with Crippen LogP contribution in [-0.4, -0.2) is 22.2 Å². The van der Waals surface area contributed by atoms with Crippen LogP contribution in [0.5, 0.6) is 0 Å². The number of fused-ring (bicyclic) bond motifs is 5. The van der Waals surface area contributed by atoms with Gasteiger partial charge in [0.2, 0.25) is 0 Å². The van der Waals surface area contributed by atoms with Crippen molar-refractivity contribution >= 4 is 7.60 Å². The van der Waals surface area contributed by atoms with Crippen LogP contribution in [0.4, 0.5) is 0 Å². The third-order valence-corrected chi connectivity index (χ3v) is 10.9. The minimum atomic E-state index is -4.68. The van der Waals surface area contributed by atoms with Gasteiger partial charge in [0.15, 0.2) is 5.76 Å². The molecule has 1 N–H and O–H groups in total. The van der Waals surface area contributed by atoms with Crippen LogP contribution in [-0.2, 0) is 15.9 Å². The first-order valence-electron chi connectivity index (χ1n) is 12.7. The largest absolute Gasteiger partial charge is 1.00 e. The van der Waals surface area contributed by atoms with E-state index in [0.717, 1.165) is 43.2 Å². The number of hydrogen-bond donors (Lipinski definition) is 1. The van der Waals surface area contributed by atoms with Gasteiger partial charge >= 0.3 is 59.1 Å². The van der Waals surface area contributed by atoms with Gasteiger partial charge in [-0.25, -0.2) is 0 Å². The average Bonchev–Trinajstić information content (AvgIpc) is 3.31. The summed E-state index contributed by atoms with van der Waals surface area (Å²) in [6.45, 7) is 6.94. The summed E-state index contributed by atoms with van der Waals surface area (Å²) in [5, 5.41) is 15.0.